The molecule has 1 aliphatic heterocycles. The van der Waals surface area contributed by atoms with E-state index >= 15 is 0 Å². The molecule has 6 heteroatoms. The van der Waals surface area contributed by atoms with Crippen LogP contribution in [0.2, 0.25) is 0 Å². The molecule has 6 nitrogen and oxygen atoms in total. The summed E-state index contributed by atoms with van der Waals surface area (Å²) in [6.07, 6.45) is 0.798. The van der Waals surface area contributed by atoms with Gasteiger partial charge in [-0.05, 0) is 67.3 Å². The summed E-state index contributed by atoms with van der Waals surface area (Å²) in [6.45, 7) is 2.63. The average Bonchev–Trinajstić information content (AvgIpc) is 3.08. The normalized spacial score (nSPS) is 13.9. The van der Waals surface area contributed by atoms with E-state index in [2.05, 4.69) is 12.1 Å². The van der Waals surface area contributed by atoms with Crippen molar-refractivity contribution in [2.24, 2.45) is 0 Å². The minimum absolute atomic E-state index is 0.0181. The van der Waals surface area contributed by atoms with Gasteiger partial charge in [-0.1, -0.05) is 36.4 Å². The van der Waals surface area contributed by atoms with E-state index in [9.17, 15) is 14.7 Å². The lowest BCUT2D eigenvalue weighted by atomic mass is 9.99. The van der Waals surface area contributed by atoms with Crippen molar-refractivity contribution in [1.29, 1.82) is 0 Å². The molecule has 1 unspecified atom stereocenters. The summed E-state index contributed by atoms with van der Waals surface area (Å²) >= 11 is 0. The van der Waals surface area contributed by atoms with E-state index in [-0.39, 0.29) is 18.3 Å². The Kier molecular flexibility index (Phi) is 7.60. The first kappa shape index (κ1) is 23.5. The average molecular weight is 460 g/mol. The van der Waals surface area contributed by atoms with Crippen LogP contribution in [0.4, 0.5) is 0 Å². The first-order valence-corrected chi connectivity index (χ1v) is 11.5. The number of amides is 1. The smallest absolute Gasteiger partial charge is 0.260 e. The first-order valence-electron chi connectivity index (χ1n) is 11.5. The Balaban J connectivity index is 1.37. The molecule has 4 rings (SSSR count). The van der Waals surface area contributed by atoms with Gasteiger partial charge in [0.15, 0.2) is 12.4 Å². The highest BCUT2D eigenvalue weighted by Crippen LogP contribution is 2.28. The Morgan fingerprint density at radius 1 is 1.06 bits per heavy atom. The Morgan fingerprint density at radius 3 is 2.56 bits per heavy atom. The van der Waals surface area contributed by atoms with Crippen LogP contribution < -0.4 is 9.47 Å². The van der Waals surface area contributed by atoms with E-state index in [4.69, 9.17) is 9.47 Å². The van der Waals surface area contributed by atoms with Gasteiger partial charge in [0, 0.05) is 17.7 Å². The number of hydrogen-bond donors (Lipinski definition) is 1. The number of aryl methyl sites for hydroxylation is 1. The Hall–Kier alpha value is -3.64. The van der Waals surface area contributed by atoms with Crippen molar-refractivity contribution in [3.63, 3.8) is 0 Å². The molecular weight excluding hydrogens is 430 g/mol. The standard InChI is InChI=1S/C28H29NO5/c1-20(30)22-8-11-25(12-9-22)34-19-28(32)29-15-16-33-27-14-10-23(17-24(27)18-29)26(31)13-7-21-5-3-2-4-6-21/h2-6,8-12,14,17,26,31H,7,13,15-16,18-19H2,1H3. The van der Waals surface area contributed by atoms with Crippen molar-refractivity contribution in [1.82, 2.24) is 4.90 Å². The van der Waals surface area contributed by atoms with Gasteiger partial charge in [0.05, 0.1) is 12.6 Å². The van der Waals surface area contributed by atoms with Crippen molar-refractivity contribution in [3.05, 3.63) is 95.1 Å². The maximum Gasteiger partial charge on any atom is 0.260 e. The highest BCUT2D eigenvalue weighted by atomic mass is 16.5. The molecular formula is C28H29NO5. The summed E-state index contributed by atoms with van der Waals surface area (Å²) in [4.78, 5) is 25.9. The van der Waals surface area contributed by atoms with Crippen molar-refractivity contribution in [3.8, 4) is 11.5 Å². The molecule has 34 heavy (non-hydrogen) atoms. The topological polar surface area (TPSA) is 76.1 Å². The molecule has 1 atom stereocenters. The van der Waals surface area contributed by atoms with Crippen LogP contribution in [0.1, 0.15) is 46.5 Å². The quantitative estimate of drug-likeness (QED) is 0.507. The SMILES string of the molecule is CC(=O)c1ccc(OCC(=O)N2CCOc3ccc(C(O)CCc4ccccc4)cc3C2)cc1. The predicted octanol–water partition coefficient (Wildman–Crippen LogP) is 4.36. The number of rotatable bonds is 8. The molecule has 0 aromatic heterocycles. The van der Waals surface area contributed by atoms with E-state index < -0.39 is 6.10 Å². The second-order valence-corrected chi connectivity index (χ2v) is 8.44. The number of carbonyl (C=O) groups is 2. The van der Waals surface area contributed by atoms with Crippen molar-refractivity contribution in [2.75, 3.05) is 19.8 Å². The first-order chi connectivity index (χ1) is 16.5. The molecule has 0 saturated heterocycles. The molecule has 3 aromatic rings. The summed E-state index contributed by atoms with van der Waals surface area (Å²) in [5, 5.41) is 10.7. The summed E-state index contributed by atoms with van der Waals surface area (Å²) < 4.78 is 11.5. The number of carbonyl (C=O) groups excluding carboxylic acids is 2. The van der Waals surface area contributed by atoms with Crippen LogP contribution in [0.25, 0.3) is 0 Å². The summed E-state index contributed by atoms with van der Waals surface area (Å²) in [6, 6.07) is 22.5. The van der Waals surface area contributed by atoms with Gasteiger partial charge in [-0.25, -0.2) is 0 Å². The van der Waals surface area contributed by atoms with Crippen molar-refractivity contribution in [2.45, 2.75) is 32.4 Å². The Morgan fingerprint density at radius 2 is 1.82 bits per heavy atom. The third-order valence-electron chi connectivity index (χ3n) is 5.97. The lowest BCUT2D eigenvalue weighted by Gasteiger charge is -2.20. The maximum atomic E-state index is 12.8. The molecule has 1 aliphatic rings. The molecule has 0 spiro atoms. The van der Waals surface area contributed by atoms with Crippen LogP contribution in [-0.4, -0.2) is 41.5 Å². The van der Waals surface area contributed by atoms with Crippen LogP contribution in [-0.2, 0) is 17.8 Å². The molecule has 0 aliphatic carbocycles. The molecule has 3 aromatic carbocycles. The zero-order chi connectivity index (χ0) is 23.9. The molecule has 0 fully saturated rings. The molecule has 0 radical (unpaired) electrons. The van der Waals surface area contributed by atoms with E-state index in [1.54, 1.807) is 29.2 Å². The van der Waals surface area contributed by atoms with E-state index in [1.807, 2.05) is 36.4 Å². The van der Waals surface area contributed by atoms with Gasteiger partial charge < -0.3 is 19.5 Å². The van der Waals surface area contributed by atoms with Gasteiger partial charge in [-0.15, -0.1) is 0 Å². The molecule has 1 heterocycles. The second-order valence-electron chi connectivity index (χ2n) is 8.44. The lowest BCUT2D eigenvalue weighted by molar-refractivity contribution is -0.134. The fourth-order valence-electron chi connectivity index (χ4n) is 3.97. The number of ether oxygens (including phenoxy) is 2. The summed E-state index contributed by atoms with van der Waals surface area (Å²) in [5.74, 6) is 1.10. The van der Waals surface area contributed by atoms with Gasteiger partial charge in [-0.3, -0.25) is 9.59 Å². The minimum atomic E-state index is -0.598. The molecule has 0 saturated carbocycles. The molecule has 1 N–H and O–H groups in total. The maximum absolute atomic E-state index is 12.8. The van der Waals surface area contributed by atoms with Crippen molar-refractivity contribution >= 4 is 11.7 Å². The zero-order valence-corrected chi connectivity index (χ0v) is 19.3. The zero-order valence-electron chi connectivity index (χ0n) is 19.3. The van der Waals surface area contributed by atoms with Gasteiger partial charge in [0.2, 0.25) is 0 Å². The number of Topliss-reactive ketones (excluding diaryl/α,β-unsaturated/α-hetero) is 1. The van der Waals surface area contributed by atoms with Gasteiger partial charge >= 0.3 is 0 Å². The van der Waals surface area contributed by atoms with Gasteiger partial charge in [0.1, 0.15) is 18.1 Å². The summed E-state index contributed by atoms with van der Waals surface area (Å²) in [7, 11) is 0. The van der Waals surface area contributed by atoms with Crippen LogP contribution in [0.5, 0.6) is 11.5 Å². The third kappa shape index (κ3) is 6.02. The van der Waals surface area contributed by atoms with E-state index in [0.717, 1.165) is 23.3 Å². The number of aliphatic hydroxyl groups is 1. The molecule has 0 bridgehead atoms. The molecule has 176 valence electrons. The highest BCUT2D eigenvalue weighted by molar-refractivity contribution is 5.94. The van der Waals surface area contributed by atoms with Crippen LogP contribution in [0, 0.1) is 0 Å². The van der Waals surface area contributed by atoms with Gasteiger partial charge in [0.25, 0.3) is 5.91 Å². The van der Waals surface area contributed by atoms with Crippen LogP contribution >= 0.6 is 0 Å². The van der Waals surface area contributed by atoms with E-state index in [1.165, 1.54) is 12.5 Å². The number of fused-ring (bicyclic) bond motifs is 1. The van der Waals surface area contributed by atoms with E-state index in [0.29, 0.717) is 37.4 Å². The van der Waals surface area contributed by atoms with Crippen LogP contribution in [0.15, 0.2) is 72.8 Å². The Labute approximate surface area is 199 Å². The highest BCUT2D eigenvalue weighted by Gasteiger charge is 2.21. The number of benzene rings is 3. The summed E-state index contributed by atoms with van der Waals surface area (Å²) in [5.41, 5.74) is 3.47. The number of aliphatic hydroxyl groups excluding tert-OH is 1. The Bertz CT molecular complexity index is 1130. The second kappa shape index (κ2) is 11.0. The van der Waals surface area contributed by atoms with Gasteiger partial charge in [-0.2, -0.15) is 0 Å². The fourth-order valence-corrected chi connectivity index (χ4v) is 3.97. The fraction of sp³-hybridized carbons (Fsp3) is 0.286. The predicted molar refractivity (Wildman–Crippen MR) is 129 cm³/mol. The molecule has 1 amide bonds. The lowest BCUT2D eigenvalue weighted by Crippen LogP contribution is -2.36. The largest absolute Gasteiger partial charge is 0.491 e. The number of hydrogen-bond acceptors (Lipinski definition) is 5. The number of ketones is 1. The monoisotopic (exact) mass is 459 g/mol. The number of nitrogens with zero attached hydrogens (tertiary/aromatic N) is 1. The third-order valence-corrected chi connectivity index (χ3v) is 5.97. The van der Waals surface area contributed by atoms with Crippen LogP contribution in [0.3, 0.4) is 0 Å². The minimum Gasteiger partial charge on any atom is -0.491 e. The van der Waals surface area contributed by atoms with Crippen molar-refractivity contribution < 1.29 is 24.2 Å².